The van der Waals surface area contributed by atoms with Gasteiger partial charge in [0, 0.05) is 38.0 Å². The molecule has 0 aliphatic heterocycles. The number of rotatable bonds is 7. The number of amides is 2. The summed E-state index contributed by atoms with van der Waals surface area (Å²) in [7, 11) is 1.68. The van der Waals surface area contributed by atoms with Crippen molar-refractivity contribution in [3.05, 3.63) is 58.9 Å². The molecule has 7 heteroatoms. The molecule has 0 fully saturated rings. The number of nitrogens with zero attached hydrogens (tertiary/aromatic N) is 2. The Hall–Kier alpha value is -2.57. The molecule has 0 saturated heterocycles. The number of methoxy groups -OCH3 is 1. The second kappa shape index (κ2) is 8.88. The molecule has 2 heterocycles. The van der Waals surface area contributed by atoms with Gasteiger partial charge in [0.1, 0.15) is 5.65 Å². The summed E-state index contributed by atoms with van der Waals surface area (Å²) in [4.78, 5) is 16.6. The number of halogens is 1. The highest BCUT2D eigenvalue weighted by molar-refractivity contribution is 6.33. The summed E-state index contributed by atoms with van der Waals surface area (Å²) in [6.45, 7) is 3.82. The Morgan fingerprint density at radius 3 is 2.96 bits per heavy atom. The lowest BCUT2D eigenvalue weighted by Crippen LogP contribution is -2.30. The SMILES string of the molecule is COCCn1cc(CCNC(=O)Nc2ccc(C)cc2Cl)c2cccnc21. The number of carbonyl (C=O) groups excluding carboxylic acids is 1. The van der Waals surface area contributed by atoms with Gasteiger partial charge >= 0.3 is 6.03 Å². The van der Waals surface area contributed by atoms with E-state index in [1.165, 1.54) is 0 Å². The largest absolute Gasteiger partial charge is 0.383 e. The van der Waals surface area contributed by atoms with Crippen molar-refractivity contribution in [1.82, 2.24) is 14.9 Å². The number of aromatic nitrogens is 2. The van der Waals surface area contributed by atoms with Crippen LogP contribution in [0, 0.1) is 6.92 Å². The van der Waals surface area contributed by atoms with E-state index in [9.17, 15) is 4.79 Å². The van der Waals surface area contributed by atoms with E-state index in [-0.39, 0.29) is 6.03 Å². The molecular weight excluding hydrogens is 364 g/mol. The van der Waals surface area contributed by atoms with Gasteiger partial charge in [-0.2, -0.15) is 0 Å². The summed E-state index contributed by atoms with van der Waals surface area (Å²) in [6, 6.07) is 9.22. The number of anilines is 1. The minimum atomic E-state index is -0.276. The van der Waals surface area contributed by atoms with Crippen LogP contribution in [0.4, 0.5) is 10.5 Å². The molecule has 0 aliphatic rings. The fraction of sp³-hybridized carbons (Fsp3) is 0.300. The van der Waals surface area contributed by atoms with Crippen molar-refractivity contribution in [2.24, 2.45) is 0 Å². The van der Waals surface area contributed by atoms with Gasteiger partial charge in [-0.05, 0) is 48.7 Å². The second-order valence-electron chi connectivity index (χ2n) is 6.33. The van der Waals surface area contributed by atoms with Crippen LogP contribution in [0.15, 0.2) is 42.7 Å². The lowest BCUT2D eigenvalue weighted by atomic mass is 10.1. The van der Waals surface area contributed by atoms with Crippen LogP contribution < -0.4 is 10.6 Å². The number of fused-ring (bicyclic) bond motifs is 1. The second-order valence-corrected chi connectivity index (χ2v) is 6.74. The number of benzene rings is 1. The molecule has 0 radical (unpaired) electrons. The molecule has 0 bridgehead atoms. The van der Waals surface area contributed by atoms with Gasteiger partial charge < -0.3 is 19.9 Å². The van der Waals surface area contributed by atoms with Crippen LogP contribution in [0.2, 0.25) is 5.02 Å². The molecule has 2 amide bonds. The van der Waals surface area contributed by atoms with E-state index in [4.69, 9.17) is 16.3 Å². The minimum absolute atomic E-state index is 0.276. The highest BCUT2D eigenvalue weighted by Crippen LogP contribution is 2.22. The lowest BCUT2D eigenvalue weighted by Gasteiger charge is -2.09. The van der Waals surface area contributed by atoms with Crippen molar-refractivity contribution < 1.29 is 9.53 Å². The number of carbonyl (C=O) groups is 1. The van der Waals surface area contributed by atoms with Gasteiger partial charge in [0.05, 0.1) is 17.3 Å². The zero-order valence-corrected chi connectivity index (χ0v) is 16.2. The fourth-order valence-corrected chi connectivity index (χ4v) is 3.24. The van der Waals surface area contributed by atoms with Crippen LogP contribution in [0.1, 0.15) is 11.1 Å². The van der Waals surface area contributed by atoms with E-state index in [0.29, 0.717) is 30.3 Å². The molecule has 2 aromatic heterocycles. The third kappa shape index (κ3) is 4.78. The average Bonchev–Trinajstić information content (AvgIpc) is 3.00. The van der Waals surface area contributed by atoms with Crippen molar-refractivity contribution >= 4 is 34.4 Å². The number of hydrogen-bond donors (Lipinski definition) is 2. The predicted molar refractivity (Wildman–Crippen MR) is 109 cm³/mol. The average molecular weight is 387 g/mol. The number of hydrogen-bond acceptors (Lipinski definition) is 3. The van der Waals surface area contributed by atoms with Crippen molar-refractivity contribution in [3.8, 4) is 0 Å². The van der Waals surface area contributed by atoms with Crippen LogP contribution in [-0.4, -0.2) is 35.8 Å². The molecule has 27 heavy (non-hydrogen) atoms. The first-order valence-electron chi connectivity index (χ1n) is 8.81. The molecule has 0 unspecified atom stereocenters. The van der Waals surface area contributed by atoms with Gasteiger partial charge in [-0.25, -0.2) is 9.78 Å². The summed E-state index contributed by atoms with van der Waals surface area (Å²) in [5.41, 5.74) is 3.72. The Labute approximate surface area is 163 Å². The number of ether oxygens (including phenoxy) is 1. The van der Waals surface area contributed by atoms with Crippen LogP contribution in [0.25, 0.3) is 11.0 Å². The monoisotopic (exact) mass is 386 g/mol. The van der Waals surface area contributed by atoms with E-state index in [0.717, 1.165) is 28.7 Å². The molecule has 0 saturated carbocycles. The first-order chi connectivity index (χ1) is 13.1. The molecule has 1 aromatic carbocycles. The maximum atomic E-state index is 12.1. The zero-order valence-electron chi connectivity index (χ0n) is 15.5. The van der Waals surface area contributed by atoms with Crippen molar-refractivity contribution in [2.45, 2.75) is 19.9 Å². The van der Waals surface area contributed by atoms with Gasteiger partial charge in [-0.15, -0.1) is 0 Å². The molecule has 3 rings (SSSR count). The van der Waals surface area contributed by atoms with Gasteiger partial charge in [-0.1, -0.05) is 17.7 Å². The molecule has 2 N–H and O–H groups in total. The number of nitrogens with one attached hydrogen (secondary N) is 2. The molecule has 0 aliphatic carbocycles. The Morgan fingerprint density at radius 1 is 1.33 bits per heavy atom. The van der Waals surface area contributed by atoms with Crippen molar-refractivity contribution in [3.63, 3.8) is 0 Å². The highest BCUT2D eigenvalue weighted by Gasteiger charge is 2.10. The topological polar surface area (TPSA) is 68.2 Å². The Bertz CT molecular complexity index is 939. The van der Waals surface area contributed by atoms with Gasteiger partial charge in [0.25, 0.3) is 0 Å². The quantitative estimate of drug-likeness (QED) is 0.644. The first kappa shape index (κ1) is 19.2. The van der Waals surface area contributed by atoms with Crippen LogP contribution in [-0.2, 0) is 17.7 Å². The summed E-state index contributed by atoms with van der Waals surface area (Å²) >= 11 is 6.15. The van der Waals surface area contributed by atoms with E-state index >= 15 is 0 Å². The Morgan fingerprint density at radius 2 is 2.19 bits per heavy atom. The molecular formula is C20H23ClN4O2. The van der Waals surface area contributed by atoms with Gasteiger partial charge in [0.2, 0.25) is 0 Å². The van der Waals surface area contributed by atoms with Crippen molar-refractivity contribution in [1.29, 1.82) is 0 Å². The normalized spacial score (nSPS) is 10.9. The third-order valence-electron chi connectivity index (χ3n) is 4.31. The molecule has 3 aromatic rings. The van der Waals surface area contributed by atoms with Crippen molar-refractivity contribution in [2.75, 3.05) is 25.6 Å². The predicted octanol–water partition coefficient (Wildman–Crippen LogP) is 4.01. The number of urea groups is 1. The van der Waals surface area contributed by atoms with Gasteiger partial charge in [0.15, 0.2) is 0 Å². The minimum Gasteiger partial charge on any atom is -0.383 e. The fourth-order valence-electron chi connectivity index (χ4n) is 2.95. The van der Waals surface area contributed by atoms with Gasteiger partial charge in [-0.3, -0.25) is 0 Å². The maximum absolute atomic E-state index is 12.1. The summed E-state index contributed by atoms with van der Waals surface area (Å²) < 4.78 is 7.25. The summed E-state index contributed by atoms with van der Waals surface area (Å²) in [6.07, 6.45) is 4.57. The van der Waals surface area contributed by atoms with E-state index in [1.54, 1.807) is 19.4 Å². The van der Waals surface area contributed by atoms with E-state index in [2.05, 4.69) is 26.4 Å². The highest BCUT2D eigenvalue weighted by atomic mass is 35.5. The third-order valence-corrected chi connectivity index (χ3v) is 4.62. The number of pyridine rings is 1. The summed E-state index contributed by atoms with van der Waals surface area (Å²) in [5, 5.41) is 7.27. The van der Waals surface area contributed by atoms with E-state index < -0.39 is 0 Å². The molecule has 142 valence electrons. The number of aryl methyl sites for hydroxylation is 1. The standard InChI is InChI=1S/C20H23ClN4O2/c1-14-5-6-18(17(21)12-14)24-20(26)23-9-7-15-13-25(10-11-27-2)19-16(15)4-3-8-22-19/h3-6,8,12-13H,7,9-11H2,1-2H3,(H2,23,24,26). The van der Waals surface area contributed by atoms with E-state index in [1.807, 2.05) is 31.2 Å². The lowest BCUT2D eigenvalue weighted by molar-refractivity contribution is 0.188. The maximum Gasteiger partial charge on any atom is 0.319 e. The molecule has 0 atom stereocenters. The van der Waals surface area contributed by atoms with Crippen LogP contribution >= 0.6 is 11.6 Å². The molecule has 6 nitrogen and oxygen atoms in total. The smallest absolute Gasteiger partial charge is 0.319 e. The molecule has 0 spiro atoms. The summed E-state index contributed by atoms with van der Waals surface area (Å²) in [5.74, 6) is 0. The Kier molecular flexibility index (Phi) is 6.32. The van der Waals surface area contributed by atoms with Crippen LogP contribution in [0.5, 0.6) is 0 Å². The zero-order chi connectivity index (χ0) is 19.2. The first-order valence-corrected chi connectivity index (χ1v) is 9.19. The Balaban J connectivity index is 1.60. The van der Waals surface area contributed by atoms with Crippen LogP contribution in [0.3, 0.4) is 0 Å².